The minimum Gasteiger partial charge on any atom is -0.475 e. The number of nitrogens with two attached hydrogens (primary N) is 4. The van der Waals surface area contributed by atoms with Crippen LogP contribution < -0.4 is 76.1 Å². The summed E-state index contributed by atoms with van der Waals surface area (Å²) < 4.78 is 69.4. The summed E-state index contributed by atoms with van der Waals surface area (Å²) in [5.41, 5.74) is 23.6. The van der Waals surface area contributed by atoms with Crippen molar-refractivity contribution in [3.63, 3.8) is 0 Å². The van der Waals surface area contributed by atoms with Gasteiger partial charge in [0.05, 0.1) is 31.4 Å². The fourth-order valence-electron chi connectivity index (χ4n) is 9.73. The van der Waals surface area contributed by atoms with Gasteiger partial charge in [0.15, 0.2) is 24.2 Å². The number of carboxylic acids is 2. The number of ether oxygens (including phenoxy) is 1. The topological polar surface area (TPSA) is 606 Å². The van der Waals surface area contributed by atoms with Gasteiger partial charge in [-0.1, -0.05) is 122 Å². The highest BCUT2D eigenvalue weighted by Gasteiger charge is 2.45. The third-order valence-corrected chi connectivity index (χ3v) is 15.8. The van der Waals surface area contributed by atoms with Gasteiger partial charge in [0.25, 0.3) is 0 Å². The first-order valence-electron chi connectivity index (χ1n) is 33.7. The molecule has 0 radical (unpaired) electrons. The van der Waals surface area contributed by atoms with Gasteiger partial charge in [0.2, 0.25) is 65.0 Å². The molecule has 1 saturated heterocycles. The smallest absolute Gasteiger partial charge is 0.475 e. The van der Waals surface area contributed by atoms with Gasteiger partial charge in [-0.2, -0.15) is 26.3 Å². The van der Waals surface area contributed by atoms with Crippen LogP contribution in [0.5, 0.6) is 0 Å². The van der Waals surface area contributed by atoms with E-state index in [0.29, 0.717) is 6.42 Å². The Kier molecular flexibility index (Phi) is 40.8. The van der Waals surface area contributed by atoms with Crippen LogP contribution in [-0.4, -0.2) is 230 Å². The molecule has 11 amide bonds. The van der Waals surface area contributed by atoms with Crippen molar-refractivity contribution in [1.82, 2.24) is 53.2 Å². The van der Waals surface area contributed by atoms with E-state index in [4.69, 9.17) is 47.5 Å². The Morgan fingerprint density at radius 2 is 1.11 bits per heavy atom. The molecule has 2 unspecified atom stereocenters. The molecular weight excluding hydrogens is 1450 g/mol. The molecule has 108 heavy (non-hydrogen) atoms. The standard InChI is InChI=1S/C62H97N15O17.2C2HF3O2/c1-10-33(8)43-57(89)75-44(34(9)79)56(88)68-28-42(80)73-46(49(82)51(64)83)59(91)72-41(29-78)61(93)94-50(36-20-15-12-16-21-36)47(77-55(87)40(27-31(4)5)70-52(84)37(63)24-23-35-18-13-11-14-19-35)60(92)76-45(48(81)32(6)7)58(90)71-39(26-30(2)3)54(86)69-38(53(85)74-43)22-17-25-67-62(65)66;2*3-2(4,5)1(6)7/h11-16,18-21,30-34,37-41,43-50,78-79,81-82H,10,17,22-29,63H2,1-9H3,(H2,64,83)(H,68,88)(H,69,86)(H,70,84)(H,71,90)(H,72,91)(H,73,80)(H,74,85)(H,75,89)(H,76,92)(H,77,87)(H4,65,66,67);2*(H,6,7)/t33-,34-,37+,38+,39-,40-,41-,43?,44?,45-,46-,47-,48+,49-,50+;;/m0../s1. The van der Waals surface area contributed by atoms with Gasteiger partial charge in [0, 0.05) is 6.54 Å². The number of guanidine groups is 1. The number of halogens is 6. The quantitative estimate of drug-likeness (QED) is 0.0159. The van der Waals surface area contributed by atoms with Crippen molar-refractivity contribution >= 4 is 88.8 Å². The second-order valence-electron chi connectivity index (χ2n) is 26.1. The normalized spacial score (nSPS) is 22.4. The van der Waals surface area contributed by atoms with Crippen molar-refractivity contribution in [1.29, 1.82) is 0 Å². The Hall–Kier alpha value is -10.3. The van der Waals surface area contributed by atoms with E-state index < -0.39 is 205 Å². The number of aliphatic hydroxyl groups is 4. The van der Waals surface area contributed by atoms with Gasteiger partial charge >= 0.3 is 30.3 Å². The summed E-state index contributed by atoms with van der Waals surface area (Å²) in [5.74, 6) is -22.8. The number of nitrogens with one attached hydrogen (secondary N) is 10. The Morgan fingerprint density at radius 3 is 1.59 bits per heavy atom. The second-order valence-corrected chi connectivity index (χ2v) is 26.1. The number of carbonyl (C=O) groups excluding carboxylic acids is 12. The molecule has 606 valence electrons. The average Bonchev–Trinajstić information content (AvgIpc) is 0.812. The maximum absolute atomic E-state index is 15.4. The first-order valence-corrected chi connectivity index (χ1v) is 33.7. The number of benzene rings is 2. The Labute approximate surface area is 616 Å². The number of amides is 11. The number of aliphatic imine (C=N–C) groups is 1. The minimum absolute atomic E-state index is 0.0433. The summed E-state index contributed by atoms with van der Waals surface area (Å²) in [6.45, 7) is 11.7. The first-order chi connectivity index (χ1) is 50.1. The number of aliphatic hydroxyl groups excluding tert-OH is 4. The predicted molar refractivity (Wildman–Crippen MR) is 369 cm³/mol. The van der Waals surface area contributed by atoms with Crippen LogP contribution in [0.1, 0.15) is 118 Å². The van der Waals surface area contributed by atoms with Crippen molar-refractivity contribution in [3.05, 3.63) is 71.8 Å². The molecule has 0 aliphatic carbocycles. The fourth-order valence-corrected chi connectivity index (χ4v) is 9.73. The first kappa shape index (κ1) is 95.7. The number of nitrogens with zero attached hydrogens (tertiary/aromatic N) is 1. The monoisotopic (exact) mass is 1550 g/mol. The molecule has 3 rings (SSSR count). The van der Waals surface area contributed by atoms with E-state index in [1.165, 1.54) is 44.2 Å². The van der Waals surface area contributed by atoms with Crippen LogP contribution in [-0.2, 0) is 78.3 Å². The van der Waals surface area contributed by atoms with Crippen molar-refractivity contribution in [3.8, 4) is 0 Å². The minimum atomic E-state index is -5.08. The van der Waals surface area contributed by atoms with E-state index in [9.17, 15) is 99.5 Å². The molecule has 0 bridgehead atoms. The summed E-state index contributed by atoms with van der Waals surface area (Å²) in [6.07, 6.45) is -18.0. The highest BCUT2D eigenvalue weighted by Crippen LogP contribution is 2.25. The zero-order valence-corrected chi connectivity index (χ0v) is 60.6. The molecule has 0 saturated carbocycles. The molecule has 1 fully saturated rings. The maximum Gasteiger partial charge on any atom is 0.490 e. The van der Waals surface area contributed by atoms with E-state index in [0.717, 1.165) is 12.5 Å². The maximum atomic E-state index is 15.4. The van der Waals surface area contributed by atoms with Gasteiger partial charge < -0.3 is 111 Å². The molecule has 2 aromatic rings. The number of carboxylic acid groups (broad SMARTS) is 2. The van der Waals surface area contributed by atoms with Gasteiger partial charge in [-0.05, 0) is 80.2 Å². The largest absolute Gasteiger partial charge is 0.490 e. The molecule has 24 N–H and O–H groups in total. The van der Waals surface area contributed by atoms with Gasteiger partial charge in [-0.25, -0.2) is 14.4 Å². The summed E-state index contributed by atoms with van der Waals surface area (Å²) in [6, 6.07) is -1.76. The zero-order valence-electron chi connectivity index (χ0n) is 60.6. The zero-order chi connectivity index (χ0) is 82.8. The molecule has 15 atom stereocenters. The molecule has 36 nitrogen and oxygen atoms in total. The molecule has 2 aromatic carbocycles. The average molecular weight is 1550 g/mol. The lowest BCUT2D eigenvalue weighted by Gasteiger charge is -2.33. The van der Waals surface area contributed by atoms with E-state index in [-0.39, 0.29) is 68.4 Å². The molecule has 1 aliphatic heterocycles. The molecule has 0 spiro atoms. The molecule has 42 heteroatoms. The van der Waals surface area contributed by atoms with Crippen LogP contribution in [0, 0.1) is 23.7 Å². The van der Waals surface area contributed by atoms with Crippen LogP contribution in [0.15, 0.2) is 65.7 Å². The SMILES string of the molecule is CC[C@H](C)C1NC(=O)[C@@H](CCCN=C(N)N)NC(=O)[C@H](CC(C)C)NC(=O)[C@H]([C@H](O)C(C)C)NC(=O)[C@@H](NC(=O)[C@H](CC(C)C)NC(=O)[C@H](N)CCc2ccccc2)[C@@H](c2ccccc2)OC(=O)[C@H](CO)NC(=O)[C@H]([C@H](O)C(N)=O)NC(=O)CNC(=O)C([C@H](C)O)NC1=O.O=C(O)C(F)(F)F.O=C(O)C(F)(F)F. The van der Waals surface area contributed by atoms with Crippen molar-refractivity contribution in [2.24, 2.45) is 51.6 Å². The second kappa shape index (κ2) is 46.0. The highest BCUT2D eigenvalue weighted by atomic mass is 19.4. The summed E-state index contributed by atoms with van der Waals surface area (Å²) in [5, 5.41) is 82.5. The predicted octanol–water partition coefficient (Wildman–Crippen LogP) is -3.58. The van der Waals surface area contributed by atoms with E-state index in [1.807, 2.05) is 41.0 Å². The van der Waals surface area contributed by atoms with Gasteiger partial charge in [0.1, 0.15) is 48.3 Å². The van der Waals surface area contributed by atoms with Crippen LogP contribution in [0.2, 0.25) is 0 Å². The summed E-state index contributed by atoms with van der Waals surface area (Å²) in [7, 11) is 0. The number of carbonyl (C=O) groups is 14. The van der Waals surface area contributed by atoms with Crippen LogP contribution in [0.25, 0.3) is 0 Å². The number of alkyl halides is 6. The number of primary amides is 1. The van der Waals surface area contributed by atoms with E-state index in [2.05, 4.69) is 47.5 Å². The Balaban J connectivity index is 0.00000377. The van der Waals surface area contributed by atoms with E-state index >= 15 is 4.79 Å². The van der Waals surface area contributed by atoms with Crippen molar-refractivity contribution in [2.45, 2.75) is 204 Å². The summed E-state index contributed by atoms with van der Waals surface area (Å²) >= 11 is 0. The van der Waals surface area contributed by atoms with Crippen LogP contribution >= 0.6 is 0 Å². The molecule has 1 heterocycles. The summed E-state index contributed by atoms with van der Waals surface area (Å²) in [4.78, 5) is 193. The number of hydrogen-bond donors (Lipinski definition) is 20. The lowest BCUT2D eigenvalue weighted by atomic mass is 9.95. The number of hydrogen-bond acceptors (Lipinski definition) is 21. The number of esters is 1. The Morgan fingerprint density at radius 1 is 0.620 bits per heavy atom. The third-order valence-electron chi connectivity index (χ3n) is 15.8. The number of aliphatic carboxylic acids is 2. The third kappa shape index (κ3) is 34.1. The van der Waals surface area contributed by atoms with Gasteiger partial charge in [-0.15, -0.1) is 0 Å². The van der Waals surface area contributed by atoms with Crippen molar-refractivity contribution in [2.75, 3.05) is 19.7 Å². The fraction of sp³-hybridized carbons (Fsp3) is 0.591. The Bertz CT molecular complexity index is 3350. The lowest BCUT2D eigenvalue weighted by molar-refractivity contribution is -0.193. The number of rotatable bonds is 24. The van der Waals surface area contributed by atoms with Gasteiger partial charge in [-0.3, -0.25) is 57.7 Å². The van der Waals surface area contributed by atoms with Crippen LogP contribution in [0.4, 0.5) is 26.3 Å². The molecule has 0 aromatic heterocycles. The van der Waals surface area contributed by atoms with E-state index in [1.54, 1.807) is 41.5 Å². The van der Waals surface area contributed by atoms with Crippen LogP contribution in [0.3, 0.4) is 0 Å². The lowest BCUT2D eigenvalue weighted by Crippen LogP contribution is -2.64. The number of cyclic esters (lactones) is 1. The number of aryl methyl sites for hydroxylation is 1. The molecular formula is C66H99F6N15O21. The molecule has 1 aliphatic rings. The van der Waals surface area contributed by atoms with Crippen molar-refractivity contribution < 1.29 is 129 Å². The highest BCUT2D eigenvalue weighted by molar-refractivity contribution is 6.00.